The molecule has 1 aromatic rings. The highest BCUT2D eigenvalue weighted by Crippen LogP contribution is 2.34. The third kappa shape index (κ3) is 3.94. The Bertz CT molecular complexity index is 387. The van der Waals surface area contributed by atoms with E-state index in [9.17, 15) is 0 Å². The summed E-state index contributed by atoms with van der Waals surface area (Å²) in [6.07, 6.45) is 6.55. The van der Waals surface area contributed by atoms with Crippen LogP contribution in [0.4, 0.5) is 0 Å². The monoisotopic (exact) mass is 300 g/mol. The van der Waals surface area contributed by atoms with Crippen LogP contribution in [0.15, 0.2) is 12.1 Å². The van der Waals surface area contributed by atoms with Crippen molar-refractivity contribution in [3.8, 4) is 0 Å². The maximum absolute atomic E-state index is 6.36. The third-order valence-electron chi connectivity index (χ3n) is 4.26. The standard InChI is InChI=1S/C15H25ClN2S/c1-3-12(17)15(13-8-9-14(16)19-13)18(2)10-11-6-4-5-7-11/h8-9,11-12,15H,3-7,10,17H2,1-2H3. The molecule has 0 bridgehead atoms. The zero-order valence-corrected chi connectivity index (χ0v) is 13.5. The molecule has 1 aromatic heterocycles. The molecule has 0 aliphatic heterocycles. The molecule has 2 N–H and O–H groups in total. The molecule has 2 atom stereocenters. The first kappa shape index (κ1) is 15.3. The van der Waals surface area contributed by atoms with Crippen molar-refractivity contribution in [2.45, 2.75) is 51.1 Å². The van der Waals surface area contributed by atoms with Gasteiger partial charge in [-0.05, 0) is 44.4 Å². The van der Waals surface area contributed by atoms with Gasteiger partial charge in [-0.3, -0.25) is 4.90 Å². The summed E-state index contributed by atoms with van der Waals surface area (Å²) in [6, 6.07) is 4.61. The Labute approximate surface area is 125 Å². The van der Waals surface area contributed by atoms with Crippen LogP contribution >= 0.6 is 22.9 Å². The highest BCUT2D eigenvalue weighted by atomic mass is 35.5. The Hall–Kier alpha value is -0.0900. The topological polar surface area (TPSA) is 29.3 Å². The maximum Gasteiger partial charge on any atom is 0.0931 e. The van der Waals surface area contributed by atoms with Crippen molar-refractivity contribution < 1.29 is 0 Å². The Morgan fingerprint density at radius 2 is 2.11 bits per heavy atom. The van der Waals surface area contributed by atoms with E-state index in [1.54, 1.807) is 11.3 Å². The van der Waals surface area contributed by atoms with Gasteiger partial charge in [-0.25, -0.2) is 0 Å². The average Bonchev–Trinajstić information content (AvgIpc) is 3.01. The van der Waals surface area contributed by atoms with Gasteiger partial charge in [0.25, 0.3) is 0 Å². The summed E-state index contributed by atoms with van der Waals surface area (Å²) in [5.41, 5.74) is 6.36. The van der Waals surface area contributed by atoms with Gasteiger partial charge >= 0.3 is 0 Å². The van der Waals surface area contributed by atoms with Crippen LogP contribution in [0.2, 0.25) is 4.34 Å². The van der Waals surface area contributed by atoms with E-state index in [-0.39, 0.29) is 6.04 Å². The number of nitrogens with two attached hydrogens (primary N) is 1. The fraction of sp³-hybridized carbons (Fsp3) is 0.733. The average molecular weight is 301 g/mol. The van der Waals surface area contributed by atoms with Gasteiger partial charge in [-0.15, -0.1) is 11.3 Å². The highest BCUT2D eigenvalue weighted by Gasteiger charge is 2.27. The Balaban J connectivity index is 2.07. The SMILES string of the molecule is CCC(N)C(c1ccc(Cl)s1)N(C)CC1CCCC1. The third-order valence-corrected chi connectivity index (χ3v) is 5.56. The van der Waals surface area contributed by atoms with E-state index < -0.39 is 0 Å². The second-order valence-corrected chi connectivity index (χ2v) is 7.50. The van der Waals surface area contributed by atoms with E-state index in [0.717, 1.165) is 23.2 Å². The van der Waals surface area contributed by atoms with Gasteiger partial charge in [0.1, 0.15) is 0 Å². The highest BCUT2D eigenvalue weighted by molar-refractivity contribution is 7.16. The van der Waals surface area contributed by atoms with Crippen LogP contribution in [-0.4, -0.2) is 24.5 Å². The van der Waals surface area contributed by atoms with Crippen molar-refractivity contribution in [1.29, 1.82) is 0 Å². The van der Waals surface area contributed by atoms with Gasteiger partial charge in [0.15, 0.2) is 0 Å². The molecule has 108 valence electrons. The first-order chi connectivity index (χ1) is 9.11. The summed E-state index contributed by atoms with van der Waals surface area (Å²) in [5, 5.41) is 0. The molecule has 1 fully saturated rings. The molecular weight excluding hydrogens is 276 g/mol. The molecule has 4 heteroatoms. The first-order valence-corrected chi connectivity index (χ1v) is 8.52. The van der Waals surface area contributed by atoms with Gasteiger partial charge in [0.2, 0.25) is 0 Å². The second-order valence-electron chi connectivity index (χ2n) is 5.75. The Morgan fingerprint density at radius 1 is 1.42 bits per heavy atom. The minimum atomic E-state index is 0.182. The molecule has 1 heterocycles. The minimum Gasteiger partial charge on any atom is -0.326 e. The predicted molar refractivity (Wildman–Crippen MR) is 84.9 cm³/mol. The molecule has 0 aromatic carbocycles. The fourth-order valence-corrected chi connectivity index (χ4v) is 4.48. The summed E-state index contributed by atoms with van der Waals surface area (Å²) in [5.74, 6) is 0.854. The predicted octanol–water partition coefficient (Wildman–Crippen LogP) is 4.30. The molecule has 0 amide bonds. The number of rotatable bonds is 6. The zero-order chi connectivity index (χ0) is 13.8. The zero-order valence-electron chi connectivity index (χ0n) is 11.9. The van der Waals surface area contributed by atoms with Crippen LogP contribution in [0.5, 0.6) is 0 Å². The van der Waals surface area contributed by atoms with E-state index in [2.05, 4.69) is 24.9 Å². The molecule has 1 saturated carbocycles. The summed E-state index contributed by atoms with van der Waals surface area (Å²) in [7, 11) is 2.21. The van der Waals surface area contributed by atoms with Crippen molar-refractivity contribution in [2.24, 2.45) is 11.7 Å². The minimum absolute atomic E-state index is 0.182. The molecular formula is C15H25ClN2S. The van der Waals surface area contributed by atoms with Crippen molar-refractivity contribution in [2.75, 3.05) is 13.6 Å². The van der Waals surface area contributed by atoms with E-state index >= 15 is 0 Å². The smallest absolute Gasteiger partial charge is 0.0931 e. The lowest BCUT2D eigenvalue weighted by molar-refractivity contribution is 0.183. The van der Waals surface area contributed by atoms with Gasteiger partial charge in [-0.1, -0.05) is 31.4 Å². The van der Waals surface area contributed by atoms with Crippen LogP contribution in [0.1, 0.15) is 49.9 Å². The fourth-order valence-electron chi connectivity index (χ4n) is 3.18. The number of nitrogens with zero attached hydrogens (tertiary/aromatic N) is 1. The van der Waals surface area contributed by atoms with Crippen LogP contribution in [0.3, 0.4) is 0 Å². The molecule has 1 aliphatic carbocycles. The van der Waals surface area contributed by atoms with Crippen molar-refractivity contribution in [1.82, 2.24) is 4.90 Å². The molecule has 0 radical (unpaired) electrons. The summed E-state index contributed by atoms with van der Waals surface area (Å²) >= 11 is 7.76. The van der Waals surface area contributed by atoms with Gasteiger partial charge in [0.05, 0.1) is 10.4 Å². The number of halogens is 1. The molecule has 2 rings (SSSR count). The largest absolute Gasteiger partial charge is 0.326 e. The number of likely N-dealkylation sites (N-methyl/N-ethyl adjacent to an activating group) is 1. The molecule has 19 heavy (non-hydrogen) atoms. The van der Waals surface area contributed by atoms with E-state index in [1.807, 2.05) is 6.07 Å². The van der Waals surface area contributed by atoms with Crippen LogP contribution in [-0.2, 0) is 0 Å². The van der Waals surface area contributed by atoms with Crippen LogP contribution in [0.25, 0.3) is 0 Å². The van der Waals surface area contributed by atoms with Gasteiger partial charge in [-0.2, -0.15) is 0 Å². The summed E-state index contributed by atoms with van der Waals surface area (Å²) in [4.78, 5) is 3.76. The molecule has 2 unspecified atom stereocenters. The second kappa shape index (κ2) is 7.07. The van der Waals surface area contributed by atoms with Crippen molar-refractivity contribution >= 4 is 22.9 Å². The first-order valence-electron chi connectivity index (χ1n) is 7.32. The van der Waals surface area contributed by atoms with E-state index in [0.29, 0.717) is 6.04 Å². The van der Waals surface area contributed by atoms with Gasteiger partial charge in [0, 0.05) is 17.5 Å². The number of hydrogen-bond donors (Lipinski definition) is 1. The Kier molecular flexibility index (Phi) is 5.70. The summed E-state index contributed by atoms with van der Waals surface area (Å²) in [6.45, 7) is 3.32. The normalized spacial score (nSPS) is 20.1. The molecule has 0 spiro atoms. The van der Waals surface area contributed by atoms with E-state index in [4.69, 9.17) is 17.3 Å². The Morgan fingerprint density at radius 3 is 2.63 bits per heavy atom. The molecule has 0 saturated heterocycles. The van der Waals surface area contributed by atoms with Crippen molar-refractivity contribution in [3.63, 3.8) is 0 Å². The van der Waals surface area contributed by atoms with Crippen molar-refractivity contribution in [3.05, 3.63) is 21.3 Å². The van der Waals surface area contributed by atoms with Gasteiger partial charge < -0.3 is 5.73 Å². The van der Waals surface area contributed by atoms with Crippen LogP contribution < -0.4 is 5.73 Å². The quantitative estimate of drug-likeness (QED) is 0.848. The lowest BCUT2D eigenvalue weighted by Crippen LogP contribution is -2.40. The number of hydrogen-bond acceptors (Lipinski definition) is 3. The van der Waals surface area contributed by atoms with Crippen LogP contribution in [0, 0.1) is 5.92 Å². The van der Waals surface area contributed by atoms with E-state index in [1.165, 1.54) is 30.6 Å². The number of thiophene rings is 1. The summed E-state index contributed by atoms with van der Waals surface area (Å²) < 4.78 is 0.859. The lowest BCUT2D eigenvalue weighted by atomic mass is 10.0. The molecule has 1 aliphatic rings. The lowest BCUT2D eigenvalue weighted by Gasteiger charge is -2.33. The molecule has 2 nitrogen and oxygen atoms in total. The maximum atomic E-state index is 6.36.